The number of thioether (sulfide) groups is 1. The molecule has 1 aliphatic heterocycles. The van der Waals surface area contributed by atoms with Crippen molar-refractivity contribution in [1.29, 1.82) is 0 Å². The minimum atomic E-state index is -0.909. The largest absolute Gasteiger partial charge is 0.387 e. The topological polar surface area (TPSA) is 57.2 Å². The van der Waals surface area contributed by atoms with Gasteiger partial charge in [0.2, 0.25) is 0 Å². The highest BCUT2D eigenvalue weighted by Crippen LogP contribution is 2.33. The Morgan fingerprint density at radius 1 is 0.714 bits per heavy atom. The summed E-state index contributed by atoms with van der Waals surface area (Å²) >= 11 is 7.34. The van der Waals surface area contributed by atoms with E-state index in [1.54, 1.807) is 0 Å². The van der Waals surface area contributed by atoms with Gasteiger partial charge in [0.15, 0.2) is 0 Å². The zero-order valence-corrected chi connectivity index (χ0v) is 21.0. The number of benzene rings is 3. The molecule has 5 atom stereocenters. The summed E-state index contributed by atoms with van der Waals surface area (Å²) in [5.41, 5.74) is 2.58. The van der Waals surface area contributed by atoms with Crippen molar-refractivity contribution >= 4 is 23.4 Å². The summed E-state index contributed by atoms with van der Waals surface area (Å²) in [6.45, 7) is 1.47. The van der Waals surface area contributed by atoms with Crippen LogP contribution in [-0.4, -0.2) is 46.8 Å². The summed E-state index contributed by atoms with van der Waals surface area (Å²) in [7, 11) is 0. The summed E-state index contributed by atoms with van der Waals surface area (Å²) in [6, 6.07) is 29.8. The molecule has 1 fully saturated rings. The maximum atomic E-state index is 11.2. The summed E-state index contributed by atoms with van der Waals surface area (Å²) < 4.78 is 24.9. The van der Waals surface area contributed by atoms with E-state index in [1.165, 1.54) is 11.8 Å². The molecule has 0 bridgehead atoms. The van der Waals surface area contributed by atoms with Crippen LogP contribution in [0.15, 0.2) is 91.0 Å². The van der Waals surface area contributed by atoms with Crippen molar-refractivity contribution in [3.63, 3.8) is 0 Å². The smallest absolute Gasteiger partial charge is 0.133 e. The number of aliphatic hydroxyl groups is 1. The van der Waals surface area contributed by atoms with E-state index in [4.69, 9.17) is 30.5 Å². The van der Waals surface area contributed by atoms with Crippen molar-refractivity contribution in [1.82, 2.24) is 0 Å². The number of hydrogen-bond donors (Lipinski definition) is 1. The molecule has 3 aromatic carbocycles. The second-order valence-corrected chi connectivity index (χ2v) is 10.0. The Balaban J connectivity index is 1.50. The van der Waals surface area contributed by atoms with E-state index in [1.807, 2.05) is 91.0 Å². The molecule has 0 spiro atoms. The summed E-state index contributed by atoms with van der Waals surface area (Å²) in [5.74, 6) is 0. The molecule has 3 aromatic rings. The van der Waals surface area contributed by atoms with Gasteiger partial charge in [-0.05, 0) is 16.7 Å². The molecule has 186 valence electrons. The third-order valence-corrected chi connectivity index (χ3v) is 7.03. The lowest BCUT2D eigenvalue weighted by Gasteiger charge is -2.44. The van der Waals surface area contributed by atoms with Gasteiger partial charge in [-0.15, -0.1) is 23.4 Å². The molecule has 4 rings (SSSR count). The van der Waals surface area contributed by atoms with E-state index in [0.29, 0.717) is 31.6 Å². The minimum absolute atomic E-state index is 0.292. The van der Waals surface area contributed by atoms with Gasteiger partial charge in [0.25, 0.3) is 0 Å². The van der Waals surface area contributed by atoms with Crippen LogP contribution in [0, 0.1) is 0 Å². The molecule has 0 radical (unpaired) electrons. The average molecular weight is 515 g/mol. The molecular weight excluding hydrogens is 484 g/mol. The lowest BCUT2D eigenvalue weighted by Crippen LogP contribution is -2.59. The maximum Gasteiger partial charge on any atom is 0.133 e. The monoisotopic (exact) mass is 514 g/mol. The standard InChI is InChI=1S/C28H31ClO5S/c29-20-35-28-25(30)27(33-18-23-14-8-3-9-15-23)26(32-17-22-12-6-2-7-13-22)24(34-28)19-31-16-21-10-4-1-5-11-21/h1-15,24-28,30H,16-20H2/t24-,25-,26-,27-,28-/m1/s1. The first-order valence-electron chi connectivity index (χ1n) is 11.7. The number of ether oxygens (including phenoxy) is 4. The van der Waals surface area contributed by atoms with Crippen LogP contribution in [-0.2, 0) is 38.8 Å². The van der Waals surface area contributed by atoms with Crippen LogP contribution in [0.3, 0.4) is 0 Å². The van der Waals surface area contributed by atoms with E-state index in [2.05, 4.69) is 0 Å². The van der Waals surface area contributed by atoms with Crippen molar-refractivity contribution in [2.75, 3.05) is 11.8 Å². The highest BCUT2D eigenvalue weighted by molar-refractivity contribution is 8.00. The van der Waals surface area contributed by atoms with Gasteiger partial charge in [0.05, 0.1) is 31.6 Å². The third kappa shape index (κ3) is 7.79. The first kappa shape index (κ1) is 26.2. The van der Waals surface area contributed by atoms with Crippen LogP contribution in [0.25, 0.3) is 0 Å². The Labute approximate surface area is 216 Å². The van der Waals surface area contributed by atoms with Crippen LogP contribution in [0.1, 0.15) is 16.7 Å². The van der Waals surface area contributed by atoms with Crippen molar-refractivity contribution in [3.8, 4) is 0 Å². The fourth-order valence-electron chi connectivity index (χ4n) is 4.02. The fourth-order valence-corrected chi connectivity index (χ4v) is 5.09. The van der Waals surface area contributed by atoms with Gasteiger partial charge in [0, 0.05) is 0 Å². The summed E-state index contributed by atoms with van der Waals surface area (Å²) in [4.78, 5) is 0. The maximum absolute atomic E-state index is 11.2. The normalized spacial score (nSPS) is 24.3. The average Bonchev–Trinajstić information content (AvgIpc) is 2.90. The van der Waals surface area contributed by atoms with Gasteiger partial charge in [-0.1, -0.05) is 91.0 Å². The minimum Gasteiger partial charge on any atom is -0.387 e. The Bertz CT molecular complexity index is 978. The Morgan fingerprint density at radius 2 is 1.20 bits per heavy atom. The lowest BCUT2D eigenvalue weighted by molar-refractivity contribution is -0.243. The number of hydrogen-bond acceptors (Lipinski definition) is 6. The molecule has 35 heavy (non-hydrogen) atoms. The van der Waals surface area contributed by atoms with Gasteiger partial charge >= 0.3 is 0 Å². The molecule has 0 saturated carbocycles. The fraction of sp³-hybridized carbons (Fsp3) is 0.357. The zero-order valence-electron chi connectivity index (χ0n) is 19.4. The second-order valence-electron chi connectivity index (χ2n) is 8.33. The number of rotatable bonds is 12. The van der Waals surface area contributed by atoms with E-state index in [-0.39, 0.29) is 0 Å². The summed E-state index contributed by atoms with van der Waals surface area (Å²) in [5, 5.41) is 11.5. The molecule has 1 saturated heterocycles. The van der Waals surface area contributed by atoms with Crippen LogP contribution >= 0.6 is 23.4 Å². The first-order valence-corrected chi connectivity index (χ1v) is 13.3. The molecule has 1 N–H and O–H groups in total. The molecule has 7 heteroatoms. The van der Waals surface area contributed by atoms with Crippen LogP contribution in [0.4, 0.5) is 0 Å². The van der Waals surface area contributed by atoms with Crippen molar-refractivity contribution in [3.05, 3.63) is 108 Å². The van der Waals surface area contributed by atoms with Gasteiger partial charge in [-0.2, -0.15) is 0 Å². The molecule has 0 unspecified atom stereocenters. The van der Waals surface area contributed by atoms with Crippen molar-refractivity contribution < 1.29 is 24.1 Å². The van der Waals surface area contributed by atoms with Gasteiger partial charge in [-0.25, -0.2) is 0 Å². The van der Waals surface area contributed by atoms with Crippen LogP contribution in [0.2, 0.25) is 0 Å². The highest BCUT2D eigenvalue weighted by atomic mass is 35.5. The van der Waals surface area contributed by atoms with E-state index in [9.17, 15) is 5.11 Å². The van der Waals surface area contributed by atoms with E-state index >= 15 is 0 Å². The lowest BCUT2D eigenvalue weighted by atomic mass is 9.99. The first-order chi connectivity index (χ1) is 17.2. The second kappa shape index (κ2) is 14.0. The Hall–Kier alpha value is -1.90. The predicted octanol–water partition coefficient (Wildman–Crippen LogP) is 5.39. The van der Waals surface area contributed by atoms with Crippen molar-refractivity contribution in [2.24, 2.45) is 0 Å². The number of aliphatic hydroxyl groups excluding tert-OH is 1. The quantitative estimate of drug-likeness (QED) is 0.327. The number of halogens is 1. The summed E-state index contributed by atoms with van der Waals surface area (Å²) in [6.07, 6.45) is -2.49. The predicted molar refractivity (Wildman–Crippen MR) is 139 cm³/mol. The Morgan fingerprint density at radius 3 is 1.71 bits per heavy atom. The Kier molecular flexibility index (Phi) is 10.5. The third-order valence-electron chi connectivity index (χ3n) is 5.81. The molecular formula is C28H31ClO5S. The number of alkyl halides is 1. The van der Waals surface area contributed by atoms with E-state index in [0.717, 1.165) is 16.7 Å². The van der Waals surface area contributed by atoms with Crippen LogP contribution < -0.4 is 0 Å². The van der Waals surface area contributed by atoms with Crippen LogP contribution in [0.5, 0.6) is 0 Å². The van der Waals surface area contributed by atoms with Gasteiger partial charge in [0.1, 0.15) is 29.9 Å². The zero-order chi connectivity index (χ0) is 24.3. The molecule has 1 heterocycles. The molecule has 0 aromatic heterocycles. The molecule has 1 aliphatic rings. The van der Waals surface area contributed by atoms with E-state index < -0.39 is 29.9 Å². The molecule has 0 amide bonds. The molecule has 0 aliphatic carbocycles. The SMILES string of the molecule is O[C@@H]1[C@@H](OCc2ccccc2)[C@H](OCc2ccccc2)[C@@H](COCc2ccccc2)O[C@@H]1SCCl. The van der Waals surface area contributed by atoms with Gasteiger partial charge < -0.3 is 24.1 Å². The van der Waals surface area contributed by atoms with Crippen molar-refractivity contribution in [2.45, 2.75) is 49.7 Å². The highest BCUT2D eigenvalue weighted by Gasteiger charge is 2.47. The van der Waals surface area contributed by atoms with Gasteiger partial charge in [-0.3, -0.25) is 0 Å². The molecule has 5 nitrogen and oxygen atoms in total.